The Hall–Kier alpha value is -2.33. The van der Waals surface area contributed by atoms with Gasteiger partial charge in [-0.2, -0.15) is 4.37 Å². The highest BCUT2D eigenvalue weighted by Crippen LogP contribution is 2.36. The van der Waals surface area contributed by atoms with E-state index < -0.39 is 0 Å². The molecule has 0 spiro atoms. The molecule has 3 atom stereocenters. The molecular weight excluding hydrogens is 474 g/mol. The normalized spacial score (nSPS) is 23.8. The third-order valence-electron chi connectivity index (χ3n) is 7.51. The molecule has 194 valence electrons. The fraction of sp³-hybridized carbons (Fsp3) is 0.593. The van der Waals surface area contributed by atoms with Crippen LogP contribution in [-0.4, -0.2) is 61.7 Å². The van der Waals surface area contributed by atoms with Crippen LogP contribution < -0.4 is 5.32 Å². The van der Waals surface area contributed by atoms with Crippen molar-refractivity contribution in [1.82, 2.24) is 24.1 Å². The van der Waals surface area contributed by atoms with Gasteiger partial charge in [0.1, 0.15) is 11.1 Å². The van der Waals surface area contributed by atoms with Crippen LogP contribution in [0.25, 0.3) is 10.9 Å². The molecule has 2 saturated heterocycles. The zero-order valence-electron chi connectivity index (χ0n) is 21.0. The molecule has 0 aliphatic carbocycles. The van der Waals surface area contributed by atoms with Gasteiger partial charge in [-0.3, -0.25) is 9.69 Å². The number of ether oxygens (including phenoxy) is 1. The zero-order chi connectivity index (χ0) is 24.9. The number of carbonyl (C=O) groups excluding carboxylic acids is 1. The van der Waals surface area contributed by atoms with Crippen molar-refractivity contribution in [2.75, 3.05) is 19.7 Å². The highest BCUT2D eigenvalue weighted by Gasteiger charge is 2.32. The van der Waals surface area contributed by atoms with E-state index in [1.54, 1.807) is 0 Å². The number of piperidine rings is 1. The molecule has 36 heavy (non-hydrogen) atoms. The number of nitrogens with one attached hydrogen (secondary N) is 1. The molecule has 8 nitrogen and oxygen atoms in total. The van der Waals surface area contributed by atoms with Gasteiger partial charge >= 0.3 is 0 Å². The van der Waals surface area contributed by atoms with E-state index in [1.165, 1.54) is 22.4 Å². The first-order valence-electron chi connectivity index (χ1n) is 13.3. The van der Waals surface area contributed by atoms with E-state index in [9.17, 15) is 4.79 Å². The van der Waals surface area contributed by atoms with Gasteiger partial charge < -0.3 is 19.7 Å². The number of amides is 1. The van der Waals surface area contributed by atoms with E-state index in [0.717, 1.165) is 69.1 Å². The van der Waals surface area contributed by atoms with Gasteiger partial charge in [0.2, 0.25) is 5.91 Å². The van der Waals surface area contributed by atoms with Crippen LogP contribution >= 0.6 is 11.5 Å². The molecule has 0 radical (unpaired) electrons. The topological polar surface area (TPSA) is 92.5 Å². The van der Waals surface area contributed by atoms with Crippen LogP contribution in [0.15, 0.2) is 36.5 Å². The molecule has 3 unspecified atom stereocenters. The molecule has 0 saturated carbocycles. The number of nitrogens with zero attached hydrogens (tertiary/aromatic N) is 4. The quantitative estimate of drug-likeness (QED) is 0.453. The summed E-state index contributed by atoms with van der Waals surface area (Å²) in [4.78, 5) is 19.0. The lowest BCUT2D eigenvalue weighted by Crippen LogP contribution is -2.44. The number of carbonyl (C=O) groups is 1. The predicted octanol–water partition coefficient (Wildman–Crippen LogP) is 3.90. The molecule has 3 aromatic rings. The minimum atomic E-state index is -0.0994. The summed E-state index contributed by atoms with van der Waals surface area (Å²) in [5.41, 5.74) is 1.29. The highest BCUT2D eigenvalue weighted by atomic mass is 32.1. The minimum Gasteiger partial charge on any atom is -0.396 e. The first kappa shape index (κ1) is 25.3. The van der Waals surface area contributed by atoms with Crippen LogP contribution in [0.2, 0.25) is 0 Å². The fourth-order valence-electron chi connectivity index (χ4n) is 5.56. The Labute approximate surface area is 216 Å². The van der Waals surface area contributed by atoms with Crippen molar-refractivity contribution in [3.8, 4) is 0 Å². The largest absolute Gasteiger partial charge is 0.396 e. The first-order chi connectivity index (χ1) is 17.6. The molecule has 1 aromatic carbocycles. The number of hydrogen-bond donors (Lipinski definition) is 2. The number of aliphatic hydroxyl groups is 1. The molecule has 2 aromatic heterocycles. The van der Waals surface area contributed by atoms with Crippen molar-refractivity contribution in [2.45, 2.75) is 76.8 Å². The predicted molar refractivity (Wildman–Crippen MR) is 141 cm³/mol. The maximum atomic E-state index is 11.7. The van der Waals surface area contributed by atoms with E-state index in [2.05, 4.69) is 58.2 Å². The van der Waals surface area contributed by atoms with Gasteiger partial charge in [0.25, 0.3) is 0 Å². The van der Waals surface area contributed by atoms with Crippen molar-refractivity contribution >= 4 is 28.3 Å². The van der Waals surface area contributed by atoms with E-state index in [0.29, 0.717) is 5.92 Å². The van der Waals surface area contributed by atoms with Gasteiger partial charge in [0.15, 0.2) is 5.82 Å². The summed E-state index contributed by atoms with van der Waals surface area (Å²) in [5, 5.41) is 14.3. The lowest BCUT2D eigenvalue weighted by atomic mass is 9.90. The average molecular weight is 512 g/mol. The molecule has 2 aliphatic rings. The van der Waals surface area contributed by atoms with Crippen LogP contribution in [0.1, 0.15) is 62.4 Å². The summed E-state index contributed by atoms with van der Waals surface area (Å²) >= 11 is 1.49. The summed E-state index contributed by atoms with van der Waals surface area (Å²) in [6, 6.07) is 11.0. The smallest absolute Gasteiger partial charge is 0.222 e. The van der Waals surface area contributed by atoms with Crippen molar-refractivity contribution < 1.29 is 14.6 Å². The fourth-order valence-corrected chi connectivity index (χ4v) is 6.29. The second-order valence-corrected chi connectivity index (χ2v) is 11.0. The standard InChI is InChI=1S/C27H37N5O3S/c1-2-22-15-19(17-32-13-7-20-5-3-4-6-23(20)32)16-24(35-22)27-29-26(36-30-27)18-31-11-8-21(9-12-31)28-25(34)10-14-33/h3-7,13,19,21-22,24,33H,2,8-12,14-18H2,1H3,(H,28,34). The van der Waals surface area contributed by atoms with Crippen molar-refractivity contribution in [3.63, 3.8) is 0 Å². The van der Waals surface area contributed by atoms with Gasteiger partial charge in [-0.25, -0.2) is 4.98 Å². The Morgan fingerprint density at radius 1 is 1.22 bits per heavy atom. The molecule has 2 fully saturated rings. The Morgan fingerprint density at radius 3 is 2.86 bits per heavy atom. The van der Waals surface area contributed by atoms with E-state index in [4.69, 9.17) is 19.2 Å². The Morgan fingerprint density at radius 2 is 2.06 bits per heavy atom. The summed E-state index contributed by atoms with van der Waals surface area (Å²) in [6.45, 7) is 5.72. The number of aromatic nitrogens is 3. The van der Waals surface area contributed by atoms with E-state index in [1.807, 2.05) is 0 Å². The van der Waals surface area contributed by atoms with Crippen molar-refractivity contribution in [1.29, 1.82) is 0 Å². The molecule has 9 heteroatoms. The lowest BCUT2D eigenvalue weighted by molar-refractivity contribution is -0.122. The van der Waals surface area contributed by atoms with Gasteiger partial charge in [0.05, 0.1) is 19.3 Å². The second kappa shape index (κ2) is 11.8. The summed E-state index contributed by atoms with van der Waals surface area (Å²) in [7, 11) is 0. The maximum Gasteiger partial charge on any atom is 0.222 e. The van der Waals surface area contributed by atoms with Crippen LogP contribution in [0.4, 0.5) is 0 Å². The first-order valence-corrected chi connectivity index (χ1v) is 14.0. The third-order valence-corrected chi connectivity index (χ3v) is 8.22. The van der Waals surface area contributed by atoms with Crippen LogP contribution in [0.5, 0.6) is 0 Å². The lowest BCUT2D eigenvalue weighted by Gasteiger charge is -2.34. The molecule has 0 bridgehead atoms. The number of fused-ring (bicyclic) bond motifs is 1. The molecule has 1 amide bonds. The molecular formula is C27H37N5O3S. The molecule has 4 heterocycles. The Bertz CT molecular complexity index is 1140. The number of aliphatic hydroxyl groups excluding tert-OH is 1. The van der Waals surface area contributed by atoms with Crippen LogP contribution in [-0.2, 0) is 22.6 Å². The molecule has 2 aliphatic heterocycles. The zero-order valence-corrected chi connectivity index (χ0v) is 21.8. The van der Waals surface area contributed by atoms with Crippen molar-refractivity contribution in [3.05, 3.63) is 47.4 Å². The minimum absolute atomic E-state index is 0.0481. The summed E-state index contributed by atoms with van der Waals surface area (Å²) in [5.74, 6) is 1.30. The number of rotatable bonds is 9. The van der Waals surface area contributed by atoms with E-state index >= 15 is 0 Å². The van der Waals surface area contributed by atoms with E-state index in [-0.39, 0.29) is 37.2 Å². The van der Waals surface area contributed by atoms with Gasteiger partial charge in [-0.05, 0) is 67.1 Å². The molecule has 5 rings (SSSR count). The Kier molecular flexibility index (Phi) is 8.31. The summed E-state index contributed by atoms with van der Waals surface area (Å²) in [6.07, 6.45) is 7.43. The number of benzene rings is 1. The third kappa shape index (κ3) is 6.14. The van der Waals surface area contributed by atoms with Gasteiger partial charge in [-0.1, -0.05) is 25.1 Å². The van der Waals surface area contributed by atoms with Gasteiger partial charge in [-0.15, -0.1) is 0 Å². The van der Waals surface area contributed by atoms with Crippen LogP contribution in [0.3, 0.4) is 0 Å². The van der Waals surface area contributed by atoms with Gasteiger partial charge in [0, 0.05) is 43.8 Å². The molecule has 2 N–H and O–H groups in total. The monoisotopic (exact) mass is 511 g/mol. The second-order valence-electron chi connectivity index (χ2n) is 10.2. The van der Waals surface area contributed by atoms with Crippen molar-refractivity contribution in [2.24, 2.45) is 5.92 Å². The highest BCUT2D eigenvalue weighted by molar-refractivity contribution is 7.05. The average Bonchev–Trinajstić information content (AvgIpc) is 3.53. The number of likely N-dealkylation sites (tertiary alicyclic amines) is 1. The Balaban J connectivity index is 1.17. The number of hydrogen-bond acceptors (Lipinski definition) is 7. The SMILES string of the molecule is CCC1CC(Cn2ccc3ccccc32)CC(c2nsc(CN3CCC(NC(=O)CCO)CC3)n2)O1. The summed E-state index contributed by atoms with van der Waals surface area (Å²) < 4.78 is 13.5. The van der Waals surface area contributed by atoms with Crippen LogP contribution in [0, 0.1) is 5.92 Å². The maximum absolute atomic E-state index is 11.7. The number of para-hydroxylation sites is 1.